The van der Waals surface area contributed by atoms with Gasteiger partial charge in [0, 0.05) is 25.3 Å². The highest BCUT2D eigenvalue weighted by Crippen LogP contribution is 2.30. The van der Waals surface area contributed by atoms with E-state index in [1.165, 1.54) is 5.56 Å². The Bertz CT molecular complexity index is 808. The second-order valence-electron chi connectivity index (χ2n) is 6.63. The maximum Gasteiger partial charge on any atom is 0.195 e. The number of hydrogen-bond donors (Lipinski definition) is 2. The van der Waals surface area contributed by atoms with Gasteiger partial charge < -0.3 is 29.7 Å². The summed E-state index contributed by atoms with van der Waals surface area (Å²) in [7, 11) is 9.17. The van der Waals surface area contributed by atoms with Gasteiger partial charge in [0.2, 0.25) is 0 Å². The van der Waals surface area contributed by atoms with Gasteiger partial charge in [0.05, 0.1) is 26.9 Å². The first kappa shape index (κ1) is 22.4. The summed E-state index contributed by atoms with van der Waals surface area (Å²) >= 11 is 0. The second kappa shape index (κ2) is 11.2. The van der Waals surface area contributed by atoms with E-state index in [2.05, 4.69) is 46.8 Å². The lowest BCUT2D eigenvalue weighted by molar-refractivity contribution is 0.297. The maximum absolute atomic E-state index is 5.65. The van der Waals surface area contributed by atoms with Crippen molar-refractivity contribution in [3.63, 3.8) is 0 Å². The van der Waals surface area contributed by atoms with Gasteiger partial charge in [-0.1, -0.05) is 12.1 Å². The van der Waals surface area contributed by atoms with Crippen LogP contribution in [0.4, 0.5) is 5.69 Å². The summed E-state index contributed by atoms with van der Waals surface area (Å²) in [6, 6.07) is 14.0. The third-order valence-corrected chi connectivity index (χ3v) is 4.51. The molecule has 2 rings (SSSR count). The zero-order valence-corrected chi connectivity index (χ0v) is 18.2. The summed E-state index contributed by atoms with van der Waals surface area (Å²) in [5, 5.41) is 6.71. The van der Waals surface area contributed by atoms with Gasteiger partial charge in [0.15, 0.2) is 17.5 Å². The number of likely N-dealkylation sites (N-methyl/N-ethyl adjacent to an activating group) is 1. The number of guanidine groups is 1. The van der Waals surface area contributed by atoms with Crippen LogP contribution in [0.15, 0.2) is 47.5 Å². The minimum Gasteiger partial charge on any atom is -0.497 e. The summed E-state index contributed by atoms with van der Waals surface area (Å²) in [4.78, 5) is 6.50. The Hall–Kier alpha value is -2.93. The Labute approximate surface area is 173 Å². The number of hydrogen-bond acceptors (Lipinski definition) is 5. The van der Waals surface area contributed by atoms with Crippen LogP contribution in [-0.4, -0.2) is 59.4 Å². The van der Waals surface area contributed by atoms with E-state index in [1.807, 2.05) is 37.3 Å². The van der Waals surface area contributed by atoms with Crippen LogP contribution < -0.4 is 24.8 Å². The molecule has 7 nitrogen and oxygen atoms in total. The van der Waals surface area contributed by atoms with Gasteiger partial charge in [-0.2, -0.15) is 0 Å². The minimum absolute atomic E-state index is 0.151. The number of nitrogens with one attached hydrogen (secondary N) is 2. The highest BCUT2D eigenvalue weighted by atomic mass is 16.5. The summed E-state index contributed by atoms with van der Waals surface area (Å²) in [6.45, 7) is 3.19. The lowest BCUT2D eigenvalue weighted by Gasteiger charge is -2.26. The molecular weight excluding hydrogens is 368 g/mol. The molecule has 158 valence electrons. The van der Waals surface area contributed by atoms with Gasteiger partial charge in [-0.3, -0.25) is 4.99 Å². The monoisotopic (exact) mass is 400 g/mol. The van der Waals surface area contributed by atoms with Crippen molar-refractivity contribution in [2.45, 2.75) is 13.0 Å². The van der Waals surface area contributed by atoms with E-state index in [0.717, 1.165) is 11.4 Å². The molecule has 0 aromatic heterocycles. The summed E-state index contributed by atoms with van der Waals surface area (Å²) in [5.74, 6) is 2.91. The first-order valence-corrected chi connectivity index (χ1v) is 9.61. The van der Waals surface area contributed by atoms with Crippen molar-refractivity contribution in [1.29, 1.82) is 0 Å². The molecule has 0 aliphatic rings. The zero-order chi connectivity index (χ0) is 21.2. The third kappa shape index (κ3) is 6.29. The SMILES string of the molecule is CCOc1cc(NC(=NC)NCC(c2cccc(OC)c2)N(C)C)ccc1OC. The maximum atomic E-state index is 5.65. The number of anilines is 1. The molecule has 0 fully saturated rings. The molecule has 0 radical (unpaired) electrons. The summed E-state index contributed by atoms with van der Waals surface area (Å²) in [5.41, 5.74) is 2.03. The molecule has 0 aliphatic carbocycles. The molecule has 0 bridgehead atoms. The molecule has 2 N–H and O–H groups in total. The normalized spacial score (nSPS) is 12.4. The van der Waals surface area contributed by atoms with Crippen LogP contribution in [0.3, 0.4) is 0 Å². The van der Waals surface area contributed by atoms with Crippen molar-refractivity contribution in [2.24, 2.45) is 4.99 Å². The van der Waals surface area contributed by atoms with Crippen molar-refractivity contribution in [3.05, 3.63) is 48.0 Å². The van der Waals surface area contributed by atoms with Crippen molar-refractivity contribution < 1.29 is 14.2 Å². The predicted octanol–water partition coefficient (Wildman–Crippen LogP) is 3.39. The van der Waals surface area contributed by atoms with Gasteiger partial charge in [0.1, 0.15) is 5.75 Å². The summed E-state index contributed by atoms with van der Waals surface area (Å²) in [6.07, 6.45) is 0. The fourth-order valence-electron chi connectivity index (χ4n) is 2.98. The topological polar surface area (TPSA) is 67.3 Å². The van der Waals surface area contributed by atoms with E-state index in [1.54, 1.807) is 21.3 Å². The lowest BCUT2D eigenvalue weighted by atomic mass is 10.1. The van der Waals surface area contributed by atoms with E-state index in [0.29, 0.717) is 30.6 Å². The molecule has 0 aliphatic heterocycles. The van der Waals surface area contributed by atoms with E-state index < -0.39 is 0 Å². The van der Waals surface area contributed by atoms with Gasteiger partial charge in [-0.15, -0.1) is 0 Å². The first-order valence-electron chi connectivity index (χ1n) is 9.61. The standard InChI is InChI=1S/C22H32N4O3/c1-7-29-21-14-17(11-12-20(21)28-6)25-22(23-2)24-15-19(26(3)4)16-9-8-10-18(13-16)27-5/h8-14,19H,7,15H2,1-6H3,(H2,23,24,25). The van der Waals surface area contributed by atoms with Gasteiger partial charge >= 0.3 is 0 Å². The number of benzene rings is 2. The van der Waals surface area contributed by atoms with Crippen LogP contribution >= 0.6 is 0 Å². The predicted molar refractivity (Wildman–Crippen MR) is 119 cm³/mol. The molecule has 0 saturated carbocycles. The van der Waals surface area contributed by atoms with Crippen molar-refractivity contribution in [1.82, 2.24) is 10.2 Å². The average Bonchev–Trinajstić information content (AvgIpc) is 2.73. The van der Waals surface area contributed by atoms with Crippen LogP contribution in [0.5, 0.6) is 17.2 Å². The highest BCUT2D eigenvalue weighted by molar-refractivity contribution is 5.93. The Morgan fingerprint density at radius 2 is 1.86 bits per heavy atom. The zero-order valence-electron chi connectivity index (χ0n) is 18.2. The fraction of sp³-hybridized carbons (Fsp3) is 0.409. The Kier molecular flexibility index (Phi) is 8.61. The summed E-state index contributed by atoms with van der Waals surface area (Å²) < 4.78 is 16.4. The lowest BCUT2D eigenvalue weighted by Crippen LogP contribution is -2.38. The molecule has 0 spiro atoms. The minimum atomic E-state index is 0.151. The van der Waals surface area contributed by atoms with E-state index in [-0.39, 0.29) is 6.04 Å². The largest absolute Gasteiger partial charge is 0.497 e. The van der Waals surface area contributed by atoms with Crippen molar-refractivity contribution >= 4 is 11.6 Å². The van der Waals surface area contributed by atoms with Gasteiger partial charge in [-0.25, -0.2) is 0 Å². The molecule has 7 heteroatoms. The number of nitrogens with zero attached hydrogens (tertiary/aromatic N) is 2. The Morgan fingerprint density at radius 1 is 1.07 bits per heavy atom. The molecular formula is C22H32N4O3. The smallest absolute Gasteiger partial charge is 0.195 e. The second-order valence-corrected chi connectivity index (χ2v) is 6.63. The Balaban J connectivity index is 2.09. The number of rotatable bonds is 9. The Morgan fingerprint density at radius 3 is 2.48 bits per heavy atom. The number of ether oxygens (including phenoxy) is 3. The molecule has 0 amide bonds. The fourth-order valence-corrected chi connectivity index (χ4v) is 2.98. The highest BCUT2D eigenvalue weighted by Gasteiger charge is 2.16. The van der Waals surface area contributed by atoms with Crippen LogP contribution in [0, 0.1) is 0 Å². The first-order chi connectivity index (χ1) is 14.0. The van der Waals surface area contributed by atoms with Gasteiger partial charge in [-0.05, 0) is 50.8 Å². The van der Waals surface area contributed by atoms with Gasteiger partial charge in [0.25, 0.3) is 0 Å². The molecule has 2 aromatic rings. The molecule has 0 heterocycles. The van der Waals surface area contributed by atoms with Crippen LogP contribution in [0.2, 0.25) is 0 Å². The number of methoxy groups -OCH3 is 2. The van der Waals surface area contributed by atoms with Crippen LogP contribution in [-0.2, 0) is 0 Å². The van der Waals surface area contributed by atoms with E-state index >= 15 is 0 Å². The molecule has 1 atom stereocenters. The van der Waals surface area contributed by atoms with Crippen molar-refractivity contribution in [3.8, 4) is 17.2 Å². The average molecular weight is 401 g/mol. The quantitative estimate of drug-likeness (QED) is 0.497. The van der Waals surface area contributed by atoms with Crippen LogP contribution in [0.1, 0.15) is 18.5 Å². The molecule has 1 unspecified atom stereocenters. The van der Waals surface area contributed by atoms with E-state index in [9.17, 15) is 0 Å². The molecule has 2 aromatic carbocycles. The molecule has 29 heavy (non-hydrogen) atoms. The van der Waals surface area contributed by atoms with E-state index in [4.69, 9.17) is 14.2 Å². The van der Waals surface area contributed by atoms with Crippen LogP contribution in [0.25, 0.3) is 0 Å². The third-order valence-electron chi connectivity index (χ3n) is 4.51. The molecule has 0 saturated heterocycles. The number of aliphatic imine (C=N–C) groups is 1. The van der Waals surface area contributed by atoms with Crippen molar-refractivity contribution in [2.75, 3.05) is 53.8 Å².